The number of primary amides is 1. The molecule has 0 spiro atoms. The van der Waals surface area contributed by atoms with Gasteiger partial charge in [0.25, 0.3) is 0 Å². The maximum absolute atomic E-state index is 11.9. The Morgan fingerprint density at radius 2 is 2.03 bits per heavy atom. The highest BCUT2D eigenvalue weighted by atomic mass is 16.5. The summed E-state index contributed by atoms with van der Waals surface area (Å²) in [6.07, 6.45) is 8.20. The number of nitrogens with one attached hydrogen (secondary N) is 2. The molecule has 34 heavy (non-hydrogen) atoms. The van der Waals surface area contributed by atoms with Crippen LogP contribution in [0.2, 0.25) is 0 Å². The number of pyridine rings is 1. The van der Waals surface area contributed by atoms with E-state index in [9.17, 15) is 4.79 Å². The molecule has 0 bridgehead atoms. The molecule has 176 valence electrons. The van der Waals surface area contributed by atoms with E-state index in [1.807, 2.05) is 42.2 Å². The molecular formula is C26H30N6O2. The van der Waals surface area contributed by atoms with Gasteiger partial charge in [-0.1, -0.05) is 19.1 Å². The predicted octanol–water partition coefficient (Wildman–Crippen LogP) is 4.25. The molecule has 0 unspecified atom stereocenters. The largest absolute Gasteiger partial charge is 0.495 e. The number of carbonyl (C=O) groups excluding carboxylic acids is 1. The van der Waals surface area contributed by atoms with Gasteiger partial charge in [0.05, 0.1) is 36.7 Å². The Morgan fingerprint density at radius 3 is 2.71 bits per heavy atom. The third kappa shape index (κ3) is 4.80. The highest BCUT2D eigenvalue weighted by Crippen LogP contribution is 2.37. The zero-order valence-corrected chi connectivity index (χ0v) is 19.8. The molecule has 4 aromatic rings. The van der Waals surface area contributed by atoms with Gasteiger partial charge in [-0.05, 0) is 36.6 Å². The van der Waals surface area contributed by atoms with Crippen LogP contribution in [0.4, 0.5) is 17.1 Å². The number of ether oxygens (including phenoxy) is 1. The molecule has 4 rings (SSSR count). The number of imidazole rings is 1. The second-order valence-electron chi connectivity index (χ2n) is 8.06. The molecule has 2 aromatic carbocycles. The zero-order chi connectivity index (χ0) is 24.1. The summed E-state index contributed by atoms with van der Waals surface area (Å²) in [5, 5.41) is 7.86. The standard InChI is InChI=1S/C26H30N6O2/c1-4-19-17(15-32-10-9-28-16-32)7-6-8-21(19)31-26-18(11-25(27)33)14-30-22-13-24(34-3)23(29-5-2)12-20(22)26/h6-10,12-14,16,29H,4-5,11,15H2,1-3H3,(H2,27,33)(H,30,31). The van der Waals surface area contributed by atoms with E-state index >= 15 is 0 Å². The van der Waals surface area contributed by atoms with Gasteiger partial charge in [-0.25, -0.2) is 4.98 Å². The van der Waals surface area contributed by atoms with Crippen molar-refractivity contribution in [3.8, 4) is 5.75 Å². The van der Waals surface area contributed by atoms with Gasteiger partial charge in [-0.15, -0.1) is 0 Å². The fourth-order valence-corrected chi connectivity index (χ4v) is 4.26. The molecule has 0 saturated heterocycles. The third-order valence-electron chi connectivity index (χ3n) is 5.80. The second kappa shape index (κ2) is 10.2. The topological polar surface area (TPSA) is 107 Å². The molecule has 0 aliphatic heterocycles. The maximum atomic E-state index is 11.9. The van der Waals surface area contributed by atoms with Gasteiger partial charge in [0.2, 0.25) is 5.91 Å². The van der Waals surface area contributed by atoms with Gasteiger partial charge in [0, 0.05) is 54.4 Å². The van der Waals surface area contributed by atoms with E-state index in [1.54, 1.807) is 19.5 Å². The summed E-state index contributed by atoms with van der Waals surface area (Å²) >= 11 is 0. The summed E-state index contributed by atoms with van der Waals surface area (Å²) in [7, 11) is 1.64. The van der Waals surface area contributed by atoms with E-state index in [2.05, 4.69) is 39.7 Å². The Bertz CT molecular complexity index is 1300. The Kier molecular flexibility index (Phi) is 6.96. The molecule has 8 nitrogen and oxygen atoms in total. The first-order valence-corrected chi connectivity index (χ1v) is 11.4. The molecule has 8 heteroatoms. The molecule has 0 aliphatic carbocycles. The molecule has 0 radical (unpaired) electrons. The minimum atomic E-state index is -0.408. The molecule has 4 N–H and O–H groups in total. The predicted molar refractivity (Wildman–Crippen MR) is 136 cm³/mol. The fraction of sp³-hybridized carbons (Fsp3) is 0.269. The number of hydrogen-bond donors (Lipinski definition) is 3. The van der Waals surface area contributed by atoms with Crippen molar-refractivity contribution in [2.75, 3.05) is 24.3 Å². The van der Waals surface area contributed by atoms with Crippen LogP contribution in [0.15, 0.2) is 55.2 Å². The summed E-state index contributed by atoms with van der Waals surface area (Å²) < 4.78 is 7.61. The lowest BCUT2D eigenvalue weighted by Crippen LogP contribution is -2.15. The number of carbonyl (C=O) groups is 1. The molecular weight excluding hydrogens is 428 g/mol. The third-order valence-corrected chi connectivity index (χ3v) is 5.80. The van der Waals surface area contributed by atoms with Crippen molar-refractivity contribution in [1.82, 2.24) is 14.5 Å². The average Bonchev–Trinajstić information content (AvgIpc) is 3.33. The van der Waals surface area contributed by atoms with Crippen molar-refractivity contribution < 1.29 is 9.53 Å². The number of amides is 1. The number of methoxy groups -OCH3 is 1. The molecule has 0 aliphatic rings. The maximum Gasteiger partial charge on any atom is 0.221 e. The number of fused-ring (bicyclic) bond motifs is 1. The van der Waals surface area contributed by atoms with Crippen LogP contribution >= 0.6 is 0 Å². The van der Waals surface area contributed by atoms with E-state index in [1.165, 1.54) is 11.1 Å². The van der Waals surface area contributed by atoms with E-state index in [4.69, 9.17) is 10.5 Å². The number of nitrogens with two attached hydrogens (primary N) is 1. The summed E-state index contributed by atoms with van der Waals surface area (Å²) in [6.45, 7) is 5.64. The van der Waals surface area contributed by atoms with Crippen molar-refractivity contribution in [2.45, 2.75) is 33.2 Å². The minimum Gasteiger partial charge on any atom is -0.495 e. The molecule has 0 atom stereocenters. The first-order chi connectivity index (χ1) is 16.5. The van der Waals surface area contributed by atoms with Crippen molar-refractivity contribution >= 4 is 33.9 Å². The number of benzene rings is 2. The summed E-state index contributed by atoms with van der Waals surface area (Å²) in [6, 6.07) is 10.2. The van der Waals surface area contributed by atoms with Crippen LogP contribution in [0, 0.1) is 0 Å². The Labute approximate surface area is 199 Å². The van der Waals surface area contributed by atoms with Gasteiger partial charge in [0.15, 0.2) is 0 Å². The number of hydrogen-bond acceptors (Lipinski definition) is 6. The van der Waals surface area contributed by atoms with Crippen molar-refractivity contribution in [1.29, 1.82) is 0 Å². The smallest absolute Gasteiger partial charge is 0.221 e. The van der Waals surface area contributed by atoms with Crippen LogP contribution in [0.3, 0.4) is 0 Å². The lowest BCUT2D eigenvalue weighted by molar-refractivity contribution is -0.117. The van der Waals surface area contributed by atoms with Crippen LogP contribution in [0.1, 0.15) is 30.5 Å². The lowest BCUT2D eigenvalue weighted by Gasteiger charge is -2.20. The van der Waals surface area contributed by atoms with Crippen LogP contribution in [-0.4, -0.2) is 34.1 Å². The number of aromatic nitrogens is 3. The summed E-state index contributed by atoms with van der Waals surface area (Å²) in [5.41, 5.74) is 12.2. The van der Waals surface area contributed by atoms with Gasteiger partial charge in [-0.2, -0.15) is 0 Å². The number of rotatable bonds is 10. The van der Waals surface area contributed by atoms with Gasteiger partial charge in [-0.3, -0.25) is 9.78 Å². The number of nitrogens with zero attached hydrogens (tertiary/aromatic N) is 3. The number of anilines is 3. The molecule has 0 saturated carbocycles. The quantitative estimate of drug-likeness (QED) is 0.328. The minimum absolute atomic E-state index is 0.0873. The average molecular weight is 459 g/mol. The molecule has 2 aromatic heterocycles. The molecule has 1 amide bonds. The normalized spacial score (nSPS) is 10.9. The lowest BCUT2D eigenvalue weighted by atomic mass is 10.0. The Balaban J connectivity index is 1.85. The van der Waals surface area contributed by atoms with Crippen LogP contribution in [-0.2, 0) is 24.2 Å². The van der Waals surface area contributed by atoms with Crippen molar-refractivity contribution in [3.63, 3.8) is 0 Å². The van der Waals surface area contributed by atoms with E-state index in [-0.39, 0.29) is 6.42 Å². The fourth-order valence-electron chi connectivity index (χ4n) is 4.26. The SMILES string of the molecule is CCNc1cc2c(Nc3cccc(Cn4ccnc4)c3CC)c(CC(N)=O)cnc2cc1OC. The Hall–Kier alpha value is -4.07. The monoisotopic (exact) mass is 458 g/mol. The molecule has 0 fully saturated rings. The first-order valence-electron chi connectivity index (χ1n) is 11.4. The van der Waals surface area contributed by atoms with Crippen molar-refractivity contribution in [3.05, 3.63) is 71.9 Å². The van der Waals surface area contributed by atoms with Crippen LogP contribution in [0.25, 0.3) is 10.9 Å². The van der Waals surface area contributed by atoms with E-state index in [0.717, 1.165) is 53.0 Å². The highest BCUT2D eigenvalue weighted by Gasteiger charge is 2.17. The first kappa shape index (κ1) is 23.1. The van der Waals surface area contributed by atoms with E-state index < -0.39 is 5.91 Å². The van der Waals surface area contributed by atoms with Gasteiger partial charge < -0.3 is 25.7 Å². The highest BCUT2D eigenvalue weighted by molar-refractivity contribution is 5.99. The molecule has 2 heterocycles. The Morgan fingerprint density at radius 1 is 1.18 bits per heavy atom. The zero-order valence-electron chi connectivity index (χ0n) is 19.8. The van der Waals surface area contributed by atoms with Gasteiger partial charge >= 0.3 is 0 Å². The van der Waals surface area contributed by atoms with Crippen LogP contribution in [0.5, 0.6) is 5.75 Å². The van der Waals surface area contributed by atoms with Gasteiger partial charge in [0.1, 0.15) is 5.75 Å². The summed E-state index contributed by atoms with van der Waals surface area (Å²) in [5.74, 6) is 0.307. The van der Waals surface area contributed by atoms with E-state index in [0.29, 0.717) is 5.75 Å². The summed E-state index contributed by atoms with van der Waals surface area (Å²) in [4.78, 5) is 20.6. The van der Waals surface area contributed by atoms with Crippen LogP contribution < -0.4 is 21.1 Å². The second-order valence-corrected chi connectivity index (χ2v) is 8.06. The van der Waals surface area contributed by atoms with Crippen molar-refractivity contribution in [2.24, 2.45) is 5.73 Å².